The van der Waals surface area contributed by atoms with Gasteiger partial charge >= 0.3 is 0 Å². The number of hydrogen-bond acceptors (Lipinski definition) is 3. The summed E-state index contributed by atoms with van der Waals surface area (Å²) in [6, 6.07) is 4.45. The Hall–Kier alpha value is -1.26. The number of likely N-dealkylation sites (tertiary alicyclic amines) is 1. The van der Waals surface area contributed by atoms with Crippen LogP contribution in [0.4, 0.5) is 0 Å². The number of carbonyl (C=O) groups is 1. The number of rotatable bonds is 3. The monoisotopic (exact) mass is 268 g/mol. The second-order valence-corrected chi connectivity index (χ2v) is 5.03. The van der Waals surface area contributed by atoms with Gasteiger partial charge in [0, 0.05) is 13.1 Å². The number of benzene rings is 1. The van der Waals surface area contributed by atoms with Crippen molar-refractivity contribution in [2.45, 2.75) is 6.42 Å². The maximum absolute atomic E-state index is 12.3. The van der Waals surface area contributed by atoms with E-state index in [1.54, 1.807) is 11.0 Å². The van der Waals surface area contributed by atoms with Crippen molar-refractivity contribution in [3.63, 3.8) is 0 Å². The summed E-state index contributed by atoms with van der Waals surface area (Å²) in [5.41, 5.74) is 0.377. The Labute approximate surface area is 112 Å². The summed E-state index contributed by atoms with van der Waals surface area (Å²) < 4.78 is 0. The van der Waals surface area contributed by atoms with Crippen LogP contribution in [0.3, 0.4) is 0 Å². The van der Waals surface area contributed by atoms with E-state index in [9.17, 15) is 9.90 Å². The van der Waals surface area contributed by atoms with E-state index in [0.29, 0.717) is 16.5 Å². The van der Waals surface area contributed by atoms with Crippen LogP contribution < -0.4 is 5.32 Å². The molecule has 18 heavy (non-hydrogen) atoms. The van der Waals surface area contributed by atoms with Gasteiger partial charge in [0.2, 0.25) is 0 Å². The summed E-state index contributed by atoms with van der Waals surface area (Å²) >= 11 is 6.00. The number of carbonyl (C=O) groups excluding carboxylic acids is 1. The van der Waals surface area contributed by atoms with Crippen LogP contribution in [0.5, 0.6) is 5.75 Å². The second-order valence-electron chi connectivity index (χ2n) is 4.63. The number of nitrogens with one attached hydrogen (secondary N) is 1. The predicted molar refractivity (Wildman–Crippen MR) is 71.1 cm³/mol. The third-order valence-corrected chi connectivity index (χ3v) is 3.58. The van der Waals surface area contributed by atoms with Gasteiger partial charge in [-0.2, -0.15) is 0 Å². The molecule has 1 atom stereocenters. The summed E-state index contributed by atoms with van der Waals surface area (Å²) in [7, 11) is 1.91. The zero-order chi connectivity index (χ0) is 13.1. The molecular weight excluding hydrogens is 252 g/mol. The molecule has 1 fully saturated rings. The molecule has 1 aromatic carbocycles. The predicted octanol–water partition coefficient (Wildman–Crippen LogP) is 1.73. The minimum Gasteiger partial charge on any atom is -0.508 e. The number of halogens is 1. The number of amides is 1. The van der Waals surface area contributed by atoms with Crippen molar-refractivity contribution >= 4 is 17.5 Å². The van der Waals surface area contributed by atoms with Crippen LogP contribution >= 0.6 is 11.6 Å². The molecule has 0 radical (unpaired) electrons. The zero-order valence-corrected chi connectivity index (χ0v) is 11.1. The Balaban J connectivity index is 2.10. The molecule has 1 amide bonds. The number of nitrogens with zero attached hydrogens (tertiary/aromatic N) is 1. The highest BCUT2D eigenvalue weighted by Gasteiger charge is 2.27. The third kappa shape index (κ3) is 2.76. The Morgan fingerprint density at radius 2 is 2.39 bits per heavy atom. The highest BCUT2D eigenvalue weighted by molar-refractivity contribution is 6.33. The average Bonchev–Trinajstić information content (AvgIpc) is 2.80. The second kappa shape index (κ2) is 5.59. The third-order valence-electron chi connectivity index (χ3n) is 3.25. The summed E-state index contributed by atoms with van der Waals surface area (Å²) in [5, 5.41) is 12.9. The molecule has 2 rings (SSSR count). The average molecular weight is 269 g/mol. The van der Waals surface area contributed by atoms with Gasteiger partial charge in [-0.1, -0.05) is 11.6 Å². The fraction of sp³-hybridized carbons (Fsp3) is 0.462. The van der Waals surface area contributed by atoms with Crippen LogP contribution in [-0.2, 0) is 0 Å². The van der Waals surface area contributed by atoms with Gasteiger partial charge < -0.3 is 15.3 Å². The first-order valence-electron chi connectivity index (χ1n) is 6.04. The van der Waals surface area contributed by atoms with Crippen molar-refractivity contribution in [1.82, 2.24) is 10.2 Å². The molecule has 0 saturated carbocycles. The van der Waals surface area contributed by atoms with Crippen molar-refractivity contribution in [3.05, 3.63) is 28.8 Å². The lowest BCUT2D eigenvalue weighted by Gasteiger charge is -2.17. The molecule has 1 aliphatic heterocycles. The van der Waals surface area contributed by atoms with Gasteiger partial charge in [0.25, 0.3) is 5.91 Å². The highest BCUT2D eigenvalue weighted by atomic mass is 35.5. The summed E-state index contributed by atoms with van der Waals surface area (Å²) in [4.78, 5) is 14.1. The zero-order valence-electron chi connectivity index (χ0n) is 10.3. The molecule has 0 bridgehead atoms. The fourth-order valence-electron chi connectivity index (χ4n) is 2.32. The van der Waals surface area contributed by atoms with Crippen LogP contribution in [0.15, 0.2) is 18.2 Å². The molecule has 1 saturated heterocycles. The Morgan fingerprint density at radius 1 is 1.61 bits per heavy atom. The maximum atomic E-state index is 12.3. The van der Waals surface area contributed by atoms with E-state index in [-0.39, 0.29) is 11.7 Å². The lowest BCUT2D eigenvalue weighted by atomic mass is 10.1. The van der Waals surface area contributed by atoms with Gasteiger partial charge in [-0.25, -0.2) is 0 Å². The molecule has 5 heteroatoms. The van der Waals surface area contributed by atoms with Gasteiger partial charge in [-0.3, -0.25) is 4.79 Å². The number of phenols is 1. The van der Waals surface area contributed by atoms with Gasteiger partial charge in [0.1, 0.15) is 5.75 Å². The first-order chi connectivity index (χ1) is 8.61. The minimum absolute atomic E-state index is 0.0636. The van der Waals surface area contributed by atoms with Crippen LogP contribution in [0, 0.1) is 5.92 Å². The molecule has 0 aromatic heterocycles. The fourth-order valence-corrected chi connectivity index (χ4v) is 2.52. The van der Waals surface area contributed by atoms with Crippen molar-refractivity contribution in [1.29, 1.82) is 0 Å². The van der Waals surface area contributed by atoms with Gasteiger partial charge in [-0.05, 0) is 44.1 Å². The topological polar surface area (TPSA) is 52.6 Å². The summed E-state index contributed by atoms with van der Waals surface area (Å²) in [6.45, 7) is 2.40. The van der Waals surface area contributed by atoms with E-state index < -0.39 is 0 Å². The molecule has 1 aliphatic rings. The van der Waals surface area contributed by atoms with Crippen molar-refractivity contribution in [2.24, 2.45) is 5.92 Å². The molecule has 1 aromatic rings. The highest BCUT2D eigenvalue weighted by Crippen LogP contribution is 2.25. The van der Waals surface area contributed by atoms with Crippen molar-refractivity contribution in [2.75, 3.05) is 26.7 Å². The van der Waals surface area contributed by atoms with E-state index in [4.69, 9.17) is 11.6 Å². The lowest BCUT2D eigenvalue weighted by molar-refractivity contribution is 0.0787. The summed E-state index contributed by atoms with van der Waals surface area (Å²) in [5.74, 6) is 0.457. The van der Waals surface area contributed by atoms with E-state index >= 15 is 0 Å². The lowest BCUT2D eigenvalue weighted by Crippen LogP contribution is -2.30. The molecular formula is C13H17ClN2O2. The number of aromatic hydroxyl groups is 1. The number of phenolic OH excluding ortho intramolecular Hbond substituents is 1. The minimum atomic E-state index is -0.102. The van der Waals surface area contributed by atoms with Crippen molar-refractivity contribution < 1.29 is 9.90 Å². The van der Waals surface area contributed by atoms with Crippen LogP contribution in [0.25, 0.3) is 0 Å². The van der Waals surface area contributed by atoms with E-state index in [0.717, 1.165) is 26.1 Å². The van der Waals surface area contributed by atoms with Crippen molar-refractivity contribution in [3.8, 4) is 5.75 Å². The Morgan fingerprint density at radius 3 is 3.11 bits per heavy atom. The number of hydrogen-bond donors (Lipinski definition) is 2. The van der Waals surface area contributed by atoms with E-state index in [2.05, 4.69) is 5.32 Å². The molecule has 1 unspecified atom stereocenters. The first-order valence-corrected chi connectivity index (χ1v) is 6.42. The smallest absolute Gasteiger partial charge is 0.255 e. The quantitative estimate of drug-likeness (QED) is 0.878. The largest absolute Gasteiger partial charge is 0.508 e. The van der Waals surface area contributed by atoms with Crippen LogP contribution in [0.1, 0.15) is 16.8 Å². The van der Waals surface area contributed by atoms with E-state index in [1.165, 1.54) is 12.1 Å². The van der Waals surface area contributed by atoms with Crippen LogP contribution in [-0.4, -0.2) is 42.6 Å². The molecule has 0 spiro atoms. The first kappa shape index (κ1) is 13.2. The van der Waals surface area contributed by atoms with Gasteiger partial charge in [0.15, 0.2) is 0 Å². The SMILES string of the molecule is CNCC1CCN(C(=O)c2cc(O)ccc2Cl)C1. The molecule has 98 valence electrons. The van der Waals surface area contributed by atoms with Gasteiger partial charge in [-0.15, -0.1) is 0 Å². The Kier molecular flexibility index (Phi) is 4.09. The van der Waals surface area contributed by atoms with Gasteiger partial charge in [0.05, 0.1) is 10.6 Å². The Bertz CT molecular complexity index is 451. The van der Waals surface area contributed by atoms with E-state index in [1.807, 2.05) is 7.05 Å². The van der Waals surface area contributed by atoms with Crippen LogP contribution in [0.2, 0.25) is 5.02 Å². The molecule has 4 nitrogen and oxygen atoms in total. The molecule has 2 N–H and O–H groups in total. The molecule has 0 aliphatic carbocycles. The standard InChI is InChI=1S/C13H17ClN2O2/c1-15-7-9-4-5-16(8-9)13(18)11-6-10(17)2-3-12(11)14/h2-3,6,9,15,17H,4-5,7-8H2,1H3. The normalized spacial score (nSPS) is 19.2. The molecule has 1 heterocycles. The summed E-state index contributed by atoms with van der Waals surface area (Å²) in [6.07, 6.45) is 1.00. The maximum Gasteiger partial charge on any atom is 0.255 e.